The molecule has 102 valence electrons. The molecule has 3 N–H and O–H groups in total. The molecule has 1 aromatic rings. The highest BCUT2D eigenvalue weighted by Gasteiger charge is 2.13. The Morgan fingerprint density at radius 3 is 3.05 bits per heavy atom. The molecule has 1 aliphatic heterocycles. The topological polar surface area (TPSA) is 87.7 Å². The number of carbonyl (C=O) groups is 2. The molecule has 1 heterocycles. The second-order valence-corrected chi connectivity index (χ2v) is 4.25. The summed E-state index contributed by atoms with van der Waals surface area (Å²) in [6, 6.07) is 5.55. The van der Waals surface area contributed by atoms with Crippen LogP contribution >= 0.6 is 0 Å². The van der Waals surface area contributed by atoms with E-state index in [4.69, 9.17) is 9.84 Å². The van der Waals surface area contributed by atoms with Crippen molar-refractivity contribution in [1.82, 2.24) is 5.32 Å². The highest BCUT2D eigenvalue weighted by Crippen LogP contribution is 2.22. The van der Waals surface area contributed by atoms with Crippen molar-refractivity contribution in [1.29, 1.82) is 0 Å². The molecule has 0 saturated heterocycles. The highest BCUT2D eigenvalue weighted by atomic mass is 16.5. The van der Waals surface area contributed by atoms with Gasteiger partial charge in [-0.3, -0.25) is 4.79 Å². The van der Waals surface area contributed by atoms with Gasteiger partial charge in [0.25, 0.3) is 5.91 Å². The minimum atomic E-state index is -1.02. The second-order valence-electron chi connectivity index (χ2n) is 4.25. The normalized spacial score (nSPS) is 12.6. The minimum Gasteiger partial charge on any atom is -0.480 e. The van der Waals surface area contributed by atoms with Crippen molar-refractivity contribution in [2.45, 2.75) is 6.42 Å². The molecule has 0 radical (unpaired) electrons. The number of nitrogens with one attached hydrogen (secondary N) is 2. The van der Waals surface area contributed by atoms with Crippen LogP contribution in [0.4, 0.5) is 5.69 Å². The van der Waals surface area contributed by atoms with Crippen LogP contribution in [-0.2, 0) is 16.0 Å². The molecule has 0 aliphatic carbocycles. The van der Waals surface area contributed by atoms with Gasteiger partial charge >= 0.3 is 5.97 Å². The zero-order valence-electron chi connectivity index (χ0n) is 10.4. The Kier molecular flexibility index (Phi) is 4.35. The quantitative estimate of drug-likeness (QED) is 0.651. The molecule has 0 unspecified atom stereocenters. The van der Waals surface area contributed by atoms with Crippen LogP contribution in [0, 0.1) is 0 Å². The fraction of sp³-hybridized carbons (Fsp3) is 0.385. The number of fused-ring (bicyclic) bond motifs is 1. The van der Waals surface area contributed by atoms with E-state index in [-0.39, 0.29) is 19.1 Å². The fourth-order valence-electron chi connectivity index (χ4n) is 1.94. The number of carboxylic acids is 1. The van der Waals surface area contributed by atoms with Crippen LogP contribution in [0.25, 0.3) is 0 Å². The van der Waals surface area contributed by atoms with Crippen LogP contribution in [0.2, 0.25) is 0 Å². The van der Waals surface area contributed by atoms with Crippen LogP contribution in [0.5, 0.6) is 0 Å². The molecule has 0 spiro atoms. The van der Waals surface area contributed by atoms with Gasteiger partial charge in [0.05, 0.1) is 6.61 Å². The van der Waals surface area contributed by atoms with Gasteiger partial charge in [0.2, 0.25) is 0 Å². The lowest BCUT2D eigenvalue weighted by Gasteiger charge is -2.07. The van der Waals surface area contributed by atoms with E-state index in [9.17, 15) is 9.59 Å². The Hall–Kier alpha value is -2.08. The Morgan fingerprint density at radius 2 is 2.26 bits per heavy atom. The molecule has 0 atom stereocenters. The third kappa shape index (κ3) is 3.69. The van der Waals surface area contributed by atoms with Gasteiger partial charge in [-0.05, 0) is 30.2 Å². The SMILES string of the molecule is O=C(O)COCCNC(=O)c1ccc2c(c1)CCN2. The van der Waals surface area contributed by atoms with Crippen molar-refractivity contribution in [3.05, 3.63) is 29.3 Å². The first kappa shape index (κ1) is 13.4. The summed E-state index contributed by atoms with van der Waals surface area (Å²) in [5, 5.41) is 14.3. The predicted octanol–water partition coefficient (Wildman–Crippen LogP) is 0.486. The lowest BCUT2D eigenvalue weighted by molar-refractivity contribution is -0.142. The molecule has 0 aromatic heterocycles. The van der Waals surface area contributed by atoms with Crippen LogP contribution in [0.3, 0.4) is 0 Å². The number of aliphatic carboxylic acids is 1. The maximum Gasteiger partial charge on any atom is 0.329 e. The van der Waals surface area contributed by atoms with E-state index in [0.29, 0.717) is 12.1 Å². The number of carbonyl (C=O) groups excluding carboxylic acids is 1. The monoisotopic (exact) mass is 264 g/mol. The summed E-state index contributed by atoms with van der Waals surface area (Å²) < 4.78 is 4.83. The molecule has 6 heteroatoms. The molecule has 1 aliphatic rings. The maximum absolute atomic E-state index is 11.8. The van der Waals surface area contributed by atoms with Crippen molar-refractivity contribution in [2.75, 3.05) is 31.6 Å². The van der Waals surface area contributed by atoms with Crippen molar-refractivity contribution in [3.8, 4) is 0 Å². The zero-order valence-corrected chi connectivity index (χ0v) is 10.4. The van der Waals surface area contributed by atoms with Gasteiger partial charge in [0, 0.05) is 24.3 Å². The van der Waals surface area contributed by atoms with Crippen molar-refractivity contribution < 1.29 is 19.4 Å². The molecule has 0 bridgehead atoms. The second kappa shape index (κ2) is 6.19. The number of hydrogen-bond donors (Lipinski definition) is 3. The fourth-order valence-corrected chi connectivity index (χ4v) is 1.94. The van der Waals surface area contributed by atoms with E-state index in [1.807, 2.05) is 12.1 Å². The van der Waals surface area contributed by atoms with Crippen LogP contribution in [0.1, 0.15) is 15.9 Å². The van der Waals surface area contributed by atoms with E-state index < -0.39 is 5.97 Å². The Bertz CT molecular complexity index is 488. The Labute approximate surface area is 110 Å². The third-order valence-corrected chi connectivity index (χ3v) is 2.83. The molecule has 1 amide bonds. The van der Waals surface area contributed by atoms with Crippen molar-refractivity contribution >= 4 is 17.6 Å². The Balaban J connectivity index is 1.78. The van der Waals surface area contributed by atoms with Gasteiger partial charge in [-0.15, -0.1) is 0 Å². The first-order valence-electron chi connectivity index (χ1n) is 6.11. The number of carboxylic acid groups (broad SMARTS) is 1. The number of ether oxygens (including phenoxy) is 1. The summed E-state index contributed by atoms with van der Waals surface area (Å²) in [6.45, 7) is 1.04. The number of hydrogen-bond acceptors (Lipinski definition) is 4. The molecular weight excluding hydrogens is 248 g/mol. The lowest BCUT2D eigenvalue weighted by atomic mass is 10.1. The molecule has 2 rings (SSSR count). The van der Waals surface area contributed by atoms with Gasteiger partial charge in [-0.2, -0.15) is 0 Å². The van der Waals surface area contributed by atoms with E-state index in [2.05, 4.69) is 10.6 Å². The summed E-state index contributed by atoms with van der Waals surface area (Å²) in [5.41, 5.74) is 2.84. The molecule has 0 saturated carbocycles. The first-order valence-corrected chi connectivity index (χ1v) is 6.11. The van der Waals surface area contributed by atoms with Crippen molar-refractivity contribution in [2.24, 2.45) is 0 Å². The first-order chi connectivity index (χ1) is 9.16. The van der Waals surface area contributed by atoms with E-state index in [1.54, 1.807) is 6.07 Å². The van der Waals surface area contributed by atoms with Crippen molar-refractivity contribution in [3.63, 3.8) is 0 Å². The number of rotatable bonds is 6. The van der Waals surface area contributed by atoms with Crippen LogP contribution < -0.4 is 10.6 Å². The van der Waals surface area contributed by atoms with Crippen LogP contribution in [-0.4, -0.2) is 43.3 Å². The lowest BCUT2D eigenvalue weighted by Crippen LogP contribution is -2.28. The summed E-state index contributed by atoms with van der Waals surface area (Å²) in [7, 11) is 0. The summed E-state index contributed by atoms with van der Waals surface area (Å²) >= 11 is 0. The highest BCUT2D eigenvalue weighted by molar-refractivity contribution is 5.95. The van der Waals surface area contributed by atoms with E-state index >= 15 is 0 Å². The average molecular weight is 264 g/mol. The number of benzene rings is 1. The summed E-state index contributed by atoms with van der Waals surface area (Å²) in [6.07, 6.45) is 0.929. The molecule has 1 aromatic carbocycles. The maximum atomic E-state index is 11.8. The Morgan fingerprint density at radius 1 is 1.42 bits per heavy atom. The van der Waals surface area contributed by atoms with E-state index in [0.717, 1.165) is 24.2 Å². The largest absolute Gasteiger partial charge is 0.480 e. The van der Waals surface area contributed by atoms with Gasteiger partial charge in [0.1, 0.15) is 6.61 Å². The average Bonchev–Trinajstić information content (AvgIpc) is 2.84. The smallest absolute Gasteiger partial charge is 0.329 e. The predicted molar refractivity (Wildman–Crippen MR) is 69.4 cm³/mol. The van der Waals surface area contributed by atoms with Gasteiger partial charge in [-0.25, -0.2) is 4.79 Å². The molecular formula is C13H16N2O4. The van der Waals surface area contributed by atoms with Gasteiger partial charge in [-0.1, -0.05) is 0 Å². The number of amides is 1. The molecule has 19 heavy (non-hydrogen) atoms. The molecule has 0 fully saturated rings. The summed E-state index contributed by atoms with van der Waals surface area (Å²) in [5.74, 6) is -1.19. The number of anilines is 1. The summed E-state index contributed by atoms with van der Waals surface area (Å²) in [4.78, 5) is 22.0. The van der Waals surface area contributed by atoms with E-state index in [1.165, 1.54) is 0 Å². The molecule has 6 nitrogen and oxygen atoms in total. The third-order valence-electron chi connectivity index (χ3n) is 2.83. The standard InChI is InChI=1S/C13H16N2O4/c16-12(17)8-19-6-5-15-13(18)10-1-2-11-9(7-10)3-4-14-11/h1-2,7,14H,3-6,8H2,(H,15,18)(H,16,17). The van der Waals surface area contributed by atoms with Gasteiger partial charge < -0.3 is 20.5 Å². The minimum absolute atomic E-state index is 0.173. The van der Waals surface area contributed by atoms with Gasteiger partial charge in [0.15, 0.2) is 0 Å². The zero-order chi connectivity index (χ0) is 13.7. The van der Waals surface area contributed by atoms with Crippen LogP contribution in [0.15, 0.2) is 18.2 Å².